The summed E-state index contributed by atoms with van der Waals surface area (Å²) in [5, 5.41) is 14.3. The zero-order valence-corrected chi connectivity index (χ0v) is 17.0. The molecule has 0 unspecified atom stereocenters. The Morgan fingerprint density at radius 3 is 2.48 bits per heavy atom. The Morgan fingerprint density at radius 1 is 1.03 bits per heavy atom. The quantitative estimate of drug-likeness (QED) is 0.576. The molecule has 1 aliphatic carbocycles. The summed E-state index contributed by atoms with van der Waals surface area (Å²) in [7, 11) is 0. The average molecular weight is 421 g/mol. The van der Waals surface area contributed by atoms with Crippen LogP contribution in [0.1, 0.15) is 55.6 Å². The number of hydrogen-bond donors (Lipinski definition) is 2. The van der Waals surface area contributed by atoms with Gasteiger partial charge in [-0.2, -0.15) is 4.98 Å². The number of nitrogens with zero attached hydrogens (tertiary/aromatic N) is 3. The summed E-state index contributed by atoms with van der Waals surface area (Å²) in [5.74, 6) is 0.430. The smallest absolute Gasteiger partial charge is 0.269 e. The number of aromatic nitrogens is 2. The van der Waals surface area contributed by atoms with Crippen LogP contribution in [0.4, 0.5) is 17.5 Å². The number of nitro benzene ring substituents is 1. The van der Waals surface area contributed by atoms with Crippen LogP contribution in [0.5, 0.6) is 0 Å². The molecule has 0 spiro atoms. The second kappa shape index (κ2) is 7.64. The van der Waals surface area contributed by atoms with Gasteiger partial charge in [-0.25, -0.2) is 0 Å². The van der Waals surface area contributed by atoms with Gasteiger partial charge in [-0.1, -0.05) is 12.1 Å². The van der Waals surface area contributed by atoms with Gasteiger partial charge in [0.05, 0.1) is 10.5 Å². The van der Waals surface area contributed by atoms with Gasteiger partial charge in [0, 0.05) is 48.8 Å². The van der Waals surface area contributed by atoms with Crippen LogP contribution in [0.3, 0.4) is 0 Å². The van der Waals surface area contributed by atoms with Crippen LogP contribution in [0.2, 0.25) is 0 Å². The monoisotopic (exact) mass is 421 g/mol. The SMILES string of the molecule is O=C1CCCC2=C1[C@H](c1ccc([N+](=O)[O-])cc1)c1c(nc(N3CCCCC3)[nH]c1=O)N2. The lowest BCUT2D eigenvalue weighted by atomic mass is 9.76. The number of H-pyrrole nitrogens is 1. The van der Waals surface area contributed by atoms with Gasteiger partial charge in [0.1, 0.15) is 5.82 Å². The predicted molar refractivity (Wildman–Crippen MR) is 115 cm³/mol. The van der Waals surface area contributed by atoms with Crippen molar-refractivity contribution in [1.29, 1.82) is 0 Å². The Balaban J connectivity index is 1.65. The summed E-state index contributed by atoms with van der Waals surface area (Å²) in [6, 6.07) is 6.08. The number of hydrogen-bond acceptors (Lipinski definition) is 7. The molecule has 9 heteroatoms. The van der Waals surface area contributed by atoms with Crippen molar-refractivity contribution in [2.24, 2.45) is 0 Å². The summed E-state index contributed by atoms with van der Waals surface area (Å²) in [6.45, 7) is 1.69. The molecule has 3 aliphatic rings. The normalized spacial score (nSPS) is 20.7. The Labute approximate surface area is 178 Å². The molecule has 2 N–H and O–H groups in total. The number of nitro groups is 1. The van der Waals surface area contributed by atoms with E-state index in [1.54, 1.807) is 12.1 Å². The molecule has 1 atom stereocenters. The van der Waals surface area contributed by atoms with Crippen molar-refractivity contribution in [2.45, 2.75) is 44.4 Å². The third-order valence-corrected chi connectivity index (χ3v) is 6.34. The molecular formula is C22H23N5O4. The van der Waals surface area contributed by atoms with E-state index in [0.29, 0.717) is 41.3 Å². The fraction of sp³-hybridized carbons (Fsp3) is 0.409. The highest BCUT2D eigenvalue weighted by atomic mass is 16.6. The molecule has 160 valence electrons. The molecule has 1 fully saturated rings. The molecule has 0 radical (unpaired) electrons. The number of carbonyl (C=O) groups is 1. The van der Waals surface area contributed by atoms with Crippen LogP contribution in [-0.2, 0) is 4.79 Å². The molecule has 1 aromatic carbocycles. The molecule has 1 aromatic heterocycles. The summed E-state index contributed by atoms with van der Waals surface area (Å²) >= 11 is 0. The zero-order valence-electron chi connectivity index (χ0n) is 17.0. The maximum Gasteiger partial charge on any atom is 0.269 e. The Kier molecular flexibility index (Phi) is 4.80. The van der Waals surface area contributed by atoms with Crippen molar-refractivity contribution in [3.63, 3.8) is 0 Å². The van der Waals surface area contributed by atoms with Gasteiger partial charge in [-0.3, -0.25) is 24.7 Å². The van der Waals surface area contributed by atoms with E-state index in [4.69, 9.17) is 4.98 Å². The number of rotatable bonds is 3. The molecule has 3 heterocycles. The minimum atomic E-state index is -0.591. The number of carbonyl (C=O) groups excluding carboxylic acids is 1. The number of Topliss-reactive ketones (excluding diaryl/α,β-unsaturated/α-hetero) is 1. The summed E-state index contributed by atoms with van der Waals surface area (Å²) in [4.78, 5) is 46.5. The zero-order chi connectivity index (χ0) is 21.5. The van der Waals surface area contributed by atoms with Crippen molar-refractivity contribution in [2.75, 3.05) is 23.3 Å². The van der Waals surface area contributed by atoms with Gasteiger partial charge in [-0.05, 0) is 37.7 Å². The maximum absolute atomic E-state index is 13.3. The molecule has 9 nitrogen and oxygen atoms in total. The van der Waals surface area contributed by atoms with E-state index in [2.05, 4.69) is 15.2 Å². The largest absolute Gasteiger partial charge is 0.343 e. The predicted octanol–water partition coefficient (Wildman–Crippen LogP) is 3.23. The van der Waals surface area contributed by atoms with Crippen LogP contribution in [-0.4, -0.2) is 33.8 Å². The van der Waals surface area contributed by atoms with Gasteiger partial charge < -0.3 is 10.2 Å². The van der Waals surface area contributed by atoms with E-state index in [9.17, 15) is 19.7 Å². The Bertz CT molecular complexity index is 1150. The molecule has 2 aromatic rings. The first-order valence-corrected chi connectivity index (χ1v) is 10.7. The highest BCUT2D eigenvalue weighted by Crippen LogP contribution is 2.43. The van der Waals surface area contributed by atoms with Gasteiger partial charge >= 0.3 is 0 Å². The topological polar surface area (TPSA) is 121 Å². The van der Waals surface area contributed by atoms with Crippen LogP contribution in [0.25, 0.3) is 0 Å². The van der Waals surface area contributed by atoms with Gasteiger partial charge in [0.15, 0.2) is 5.78 Å². The number of allylic oxidation sites excluding steroid dienone is 2. The minimum Gasteiger partial charge on any atom is -0.343 e. The van der Waals surface area contributed by atoms with Gasteiger partial charge in [0.2, 0.25) is 5.95 Å². The third-order valence-electron chi connectivity index (χ3n) is 6.34. The lowest BCUT2D eigenvalue weighted by molar-refractivity contribution is -0.384. The number of nitrogens with one attached hydrogen (secondary N) is 2. The molecule has 31 heavy (non-hydrogen) atoms. The summed E-state index contributed by atoms with van der Waals surface area (Å²) in [6.07, 6.45) is 5.17. The summed E-state index contributed by atoms with van der Waals surface area (Å²) < 4.78 is 0. The minimum absolute atomic E-state index is 0.00209. The van der Waals surface area contributed by atoms with Crippen molar-refractivity contribution < 1.29 is 9.72 Å². The molecule has 0 bridgehead atoms. The van der Waals surface area contributed by atoms with Crippen LogP contribution >= 0.6 is 0 Å². The number of aromatic amines is 1. The molecule has 2 aliphatic heterocycles. The molecule has 0 amide bonds. The lowest BCUT2D eigenvalue weighted by Crippen LogP contribution is -2.36. The van der Waals surface area contributed by atoms with E-state index < -0.39 is 10.8 Å². The summed E-state index contributed by atoms with van der Waals surface area (Å²) in [5.41, 5.74) is 2.12. The first-order valence-electron chi connectivity index (χ1n) is 10.7. The second-order valence-corrected chi connectivity index (χ2v) is 8.28. The average Bonchev–Trinajstić information content (AvgIpc) is 2.78. The molecule has 1 saturated heterocycles. The van der Waals surface area contributed by atoms with Crippen molar-refractivity contribution in [3.05, 3.63) is 67.1 Å². The van der Waals surface area contributed by atoms with E-state index in [1.165, 1.54) is 18.6 Å². The first kappa shape index (κ1) is 19.5. The third kappa shape index (κ3) is 3.39. The van der Waals surface area contributed by atoms with Crippen LogP contribution in [0.15, 0.2) is 40.3 Å². The van der Waals surface area contributed by atoms with E-state index in [-0.39, 0.29) is 17.0 Å². The number of fused-ring (bicyclic) bond motifs is 1. The fourth-order valence-corrected chi connectivity index (χ4v) is 4.83. The molecule has 0 saturated carbocycles. The van der Waals surface area contributed by atoms with E-state index >= 15 is 0 Å². The van der Waals surface area contributed by atoms with Crippen molar-refractivity contribution in [3.8, 4) is 0 Å². The second-order valence-electron chi connectivity index (χ2n) is 8.28. The first-order chi connectivity index (χ1) is 15.0. The standard InChI is InChI=1S/C22H23N5O4/c28-16-6-4-5-15-18(16)17(13-7-9-14(10-8-13)27(30)31)19-20(23-15)24-22(25-21(19)29)26-11-2-1-3-12-26/h7-10,17H,1-6,11-12H2,(H2,23,24,25,29)/t17-/m0/s1. The fourth-order valence-electron chi connectivity index (χ4n) is 4.83. The van der Waals surface area contributed by atoms with Crippen molar-refractivity contribution in [1.82, 2.24) is 9.97 Å². The maximum atomic E-state index is 13.3. The van der Waals surface area contributed by atoms with Crippen molar-refractivity contribution >= 4 is 23.2 Å². The van der Waals surface area contributed by atoms with E-state index in [1.807, 2.05) is 0 Å². The van der Waals surface area contributed by atoms with Gasteiger partial charge in [0.25, 0.3) is 11.2 Å². The molecular weight excluding hydrogens is 398 g/mol. The number of piperidine rings is 1. The number of non-ortho nitro benzene ring substituents is 1. The van der Waals surface area contributed by atoms with Crippen LogP contribution in [0, 0.1) is 10.1 Å². The van der Waals surface area contributed by atoms with E-state index in [0.717, 1.165) is 38.0 Å². The number of anilines is 2. The highest BCUT2D eigenvalue weighted by molar-refractivity contribution is 6.00. The molecule has 5 rings (SSSR count). The van der Waals surface area contributed by atoms with Gasteiger partial charge in [-0.15, -0.1) is 0 Å². The Hall–Kier alpha value is -3.49. The number of ketones is 1. The van der Waals surface area contributed by atoms with Crippen LogP contribution < -0.4 is 15.8 Å². The lowest BCUT2D eigenvalue weighted by Gasteiger charge is -2.34. The number of benzene rings is 1. The highest BCUT2D eigenvalue weighted by Gasteiger charge is 2.38. The Morgan fingerprint density at radius 2 is 1.77 bits per heavy atom.